The minimum Gasteiger partial charge on any atom is -0.508 e. The van der Waals surface area contributed by atoms with Crippen molar-refractivity contribution in [3.05, 3.63) is 29.3 Å². The zero-order valence-corrected chi connectivity index (χ0v) is 15.4. The minimum absolute atomic E-state index is 0.00943. The van der Waals surface area contributed by atoms with Crippen LogP contribution in [-0.2, 0) is 16.6 Å². The molecule has 1 unspecified atom stereocenters. The average Bonchev–Trinajstić information content (AvgIpc) is 3.12. The van der Waals surface area contributed by atoms with Crippen LogP contribution in [0.2, 0.25) is 0 Å². The van der Waals surface area contributed by atoms with E-state index in [1.807, 2.05) is 6.07 Å². The van der Waals surface area contributed by atoms with Crippen LogP contribution in [0.25, 0.3) is 0 Å². The Hall–Kier alpha value is -1.55. The lowest BCUT2D eigenvalue weighted by Gasteiger charge is -2.61. The molecule has 4 atom stereocenters. The van der Waals surface area contributed by atoms with Crippen molar-refractivity contribution in [1.29, 1.82) is 0 Å². The van der Waals surface area contributed by atoms with Crippen LogP contribution in [0.5, 0.6) is 5.75 Å². The summed E-state index contributed by atoms with van der Waals surface area (Å²) in [5, 5.41) is 14.0. The van der Waals surface area contributed by atoms with Gasteiger partial charge in [0.15, 0.2) is 0 Å². The molecule has 4 aliphatic rings. The zero-order valence-electron chi connectivity index (χ0n) is 15.4. The van der Waals surface area contributed by atoms with E-state index in [1.165, 1.54) is 5.56 Å². The van der Waals surface area contributed by atoms with Gasteiger partial charge in [0, 0.05) is 18.0 Å². The fraction of sp³-hybridized carbons (Fsp3) is 0.667. The van der Waals surface area contributed by atoms with E-state index in [0.717, 1.165) is 44.3 Å². The van der Waals surface area contributed by atoms with Gasteiger partial charge in [0.2, 0.25) is 5.91 Å². The Morgan fingerprint density at radius 2 is 2.12 bits per heavy atom. The molecule has 5 rings (SSSR count). The number of piperidine rings is 2. The van der Waals surface area contributed by atoms with Crippen molar-refractivity contribution in [3.63, 3.8) is 0 Å². The number of aromatic hydroxyl groups is 1. The third-order valence-electron chi connectivity index (χ3n) is 8.31. The number of phenols is 1. The van der Waals surface area contributed by atoms with Gasteiger partial charge in [0.1, 0.15) is 11.3 Å². The average molecular weight is 340 g/mol. The largest absolute Gasteiger partial charge is 0.508 e. The molecule has 3 fully saturated rings. The number of fused-ring (bicyclic) bond motifs is 5. The first-order valence-electron chi connectivity index (χ1n) is 9.69. The van der Waals surface area contributed by atoms with Gasteiger partial charge >= 0.3 is 0 Å². The first-order valence-corrected chi connectivity index (χ1v) is 9.69. The summed E-state index contributed by atoms with van der Waals surface area (Å²) in [6, 6.07) is 6.08. The Labute approximate surface area is 149 Å². The van der Waals surface area contributed by atoms with Crippen LogP contribution < -0.4 is 5.32 Å². The van der Waals surface area contributed by atoms with E-state index in [0.29, 0.717) is 17.6 Å². The van der Waals surface area contributed by atoms with Gasteiger partial charge in [-0.3, -0.25) is 4.79 Å². The highest BCUT2D eigenvalue weighted by Gasteiger charge is 2.66. The molecule has 2 aliphatic carbocycles. The monoisotopic (exact) mass is 340 g/mol. The van der Waals surface area contributed by atoms with Gasteiger partial charge in [-0.2, -0.15) is 0 Å². The number of carbonyl (C=O) groups excluding carboxylic acids is 1. The molecular weight excluding hydrogens is 312 g/mol. The Morgan fingerprint density at radius 3 is 2.80 bits per heavy atom. The molecular formula is C21H28N2O2. The second-order valence-electron chi connectivity index (χ2n) is 9.41. The lowest BCUT2D eigenvalue weighted by Crippen LogP contribution is -2.67. The van der Waals surface area contributed by atoms with Crippen molar-refractivity contribution in [2.24, 2.45) is 11.3 Å². The predicted molar refractivity (Wildman–Crippen MR) is 96.5 cm³/mol. The van der Waals surface area contributed by atoms with E-state index in [2.05, 4.69) is 37.1 Å². The molecule has 1 amide bonds. The Balaban J connectivity index is 1.58. The highest BCUT2D eigenvalue weighted by molar-refractivity contribution is 5.91. The van der Waals surface area contributed by atoms with Crippen LogP contribution in [-0.4, -0.2) is 40.6 Å². The Kier molecular flexibility index (Phi) is 2.88. The number of hydrogen-bond acceptors (Lipinski definition) is 3. The Morgan fingerprint density at radius 1 is 1.32 bits per heavy atom. The maximum Gasteiger partial charge on any atom is 0.243 e. The van der Waals surface area contributed by atoms with E-state index >= 15 is 0 Å². The number of nitrogens with zero attached hydrogens (tertiary/aromatic N) is 1. The topological polar surface area (TPSA) is 52.6 Å². The molecule has 4 nitrogen and oxygen atoms in total. The molecule has 2 heterocycles. The fourth-order valence-corrected chi connectivity index (χ4v) is 6.13. The number of hydrogen-bond donors (Lipinski definition) is 2. The lowest BCUT2D eigenvalue weighted by atomic mass is 9.51. The summed E-state index contributed by atoms with van der Waals surface area (Å²) in [5.74, 6) is 1.25. The van der Waals surface area contributed by atoms with Crippen molar-refractivity contribution in [3.8, 4) is 5.75 Å². The second-order valence-corrected chi connectivity index (χ2v) is 9.41. The highest BCUT2D eigenvalue weighted by Crippen LogP contribution is 2.59. The van der Waals surface area contributed by atoms with Crippen molar-refractivity contribution >= 4 is 5.91 Å². The van der Waals surface area contributed by atoms with E-state index in [1.54, 1.807) is 6.07 Å². The van der Waals surface area contributed by atoms with Crippen LogP contribution in [0.3, 0.4) is 0 Å². The third-order valence-corrected chi connectivity index (χ3v) is 8.31. The van der Waals surface area contributed by atoms with Crippen LogP contribution in [0.4, 0.5) is 0 Å². The van der Waals surface area contributed by atoms with E-state index < -0.39 is 0 Å². The molecule has 1 saturated carbocycles. The van der Waals surface area contributed by atoms with Gasteiger partial charge in [-0.05, 0) is 60.8 Å². The van der Waals surface area contributed by atoms with Crippen LogP contribution >= 0.6 is 0 Å². The van der Waals surface area contributed by atoms with Gasteiger partial charge in [0.25, 0.3) is 0 Å². The zero-order chi connectivity index (χ0) is 17.6. The first-order chi connectivity index (χ1) is 11.8. The highest BCUT2D eigenvalue weighted by atomic mass is 16.3. The number of benzene rings is 1. The van der Waals surface area contributed by atoms with Gasteiger partial charge in [-0.25, -0.2) is 0 Å². The van der Waals surface area contributed by atoms with E-state index in [9.17, 15) is 9.90 Å². The number of carbonyl (C=O) groups is 1. The SMILES string of the molecule is CC1(C)C2Cc3c(O)cccc3[C@]1(C)CCN2C(=O)[C@]12C[C@H]1CCN2. The second kappa shape index (κ2) is 4.59. The molecule has 0 aromatic heterocycles. The number of likely N-dealkylation sites (tertiary alicyclic amines) is 1. The number of rotatable bonds is 1. The summed E-state index contributed by atoms with van der Waals surface area (Å²) < 4.78 is 0. The maximum absolute atomic E-state index is 13.5. The molecule has 0 spiro atoms. The molecule has 1 aromatic rings. The molecule has 4 heteroatoms. The van der Waals surface area contributed by atoms with E-state index in [4.69, 9.17) is 0 Å². The summed E-state index contributed by atoms with van der Waals surface area (Å²) in [7, 11) is 0. The van der Waals surface area contributed by atoms with Crippen LogP contribution in [0.1, 0.15) is 51.2 Å². The maximum atomic E-state index is 13.5. The van der Waals surface area contributed by atoms with Gasteiger partial charge < -0.3 is 15.3 Å². The number of phenolic OH excluding ortho intramolecular Hbond substituents is 1. The smallest absolute Gasteiger partial charge is 0.243 e. The van der Waals surface area contributed by atoms with Gasteiger partial charge in [-0.1, -0.05) is 32.9 Å². The van der Waals surface area contributed by atoms with E-state index in [-0.39, 0.29) is 22.4 Å². The third kappa shape index (κ3) is 1.74. The molecule has 25 heavy (non-hydrogen) atoms. The number of amides is 1. The normalized spacial score (nSPS) is 40.4. The molecule has 2 aliphatic heterocycles. The summed E-state index contributed by atoms with van der Waals surface area (Å²) in [5.41, 5.74) is 2.05. The van der Waals surface area contributed by atoms with Crippen molar-refractivity contribution < 1.29 is 9.90 Å². The van der Waals surface area contributed by atoms with Gasteiger partial charge in [0.05, 0.1) is 0 Å². The van der Waals surface area contributed by atoms with Gasteiger partial charge in [-0.15, -0.1) is 0 Å². The Bertz CT molecular complexity index is 773. The minimum atomic E-state index is -0.261. The summed E-state index contributed by atoms with van der Waals surface area (Å²) in [6.45, 7) is 8.75. The molecule has 1 aromatic carbocycles. The molecule has 134 valence electrons. The predicted octanol–water partition coefficient (Wildman–Crippen LogP) is 2.59. The molecule has 2 saturated heterocycles. The first kappa shape index (κ1) is 15.7. The lowest BCUT2D eigenvalue weighted by molar-refractivity contribution is -0.147. The fourth-order valence-electron chi connectivity index (χ4n) is 6.13. The van der Waals surface area contributed by atoms with Crippen LogP contribution in [0.15, 0.2) is 18.2 Å². The number of nitrogens with one attached hydrogen (secondary N) is 1. The summed E-state index contributed by atoms with van der Waals surface area (Å²) in [6.07, 6.45) is 3.86. The van der Waals surface area contributed by atoms with Crippen molar-refractivity contribution in [2.45, 2.75) is 63.5 Å². The molecule has 2 N–H and O–H groups in total. The van der Waals surface area contributed by atoms with Crippen LogP contribution in [0, 0.1) is 11.3 Å². The summed E-state index contributed by atoms with van der Waals surface area (Å²) >= 11 is 0. The van der Waals surface area contributed by atoms with Crippen molar-refractivity contribution in [2.75, 3.05) is 13.1 Å². The molecule has 0 radical (unpaired) electrons. The summed E-state index contributed by atoms with van der Waals surface area (Å²) in [4.78, 5) is 15.6. The standard InChI is InChI=1S/C21H28N2O2/c1-19(2)17-11-14-15(5-4-6-16(14)24)20(19,3)8-10-23(17)18(25)21-12-13(21)7-9-22-21/h4-6,13,17,22,24H,7-12H2,1-3H3/t13-,17?,20+,21+/m1/s1. The molecule has 2 bridgehead atoms. The van der Waals surface area contributed by atoms with Crippen molar-refractivity contribution in [1.82, 2.24) is 10.2 Å². The quantitative estimate of drug-likeness (QED) is 0.826.